The molecule has 1 aromatic rings. The first-order chi connectivity index (χ1) is 9.36. The van der Waals surface area contributed by atoms with E-state index in [2.05, 4.69) is 6.58 Å². The molecule has 20 heavy (non-hydrogen) atoms. The summed E-state index contributed by atoms with van der Waals surface area (Å²) in [6, 6.07) is 6.29. The molecule has 0 amide bonds. The highest BCUT2D eigenvalue weighted by Gasteiger charge is 2.08. The fourth-order valence-electron chi connectivity index (χ4n) is 1.83. The van der Waals surface area contributed by atoms with Crippen LogP contribution >= 0.6 is 0 Å². The lowest BCUT2D eigenvalue weighted by molar-refractivity contribution is 0.151. The van der Waals surface area contributed by atoms with Crippen LogP contribution in [0.4, 0.5) is 14.5 Å². The topological polar surface area (TPSA) is 3.24 Å². The van der Waals surface area contributed by atoms with Gasteiger partial charge >= 0.3 is 0 Å². The minimum Gasteiger partial charge on any atom is -0.350 e. The standard InChI is InChI=1S/C17H21F2N/c1-6-13(4)16(12(2)3)11-20(5)15-9-7-14(8-10-15)17(18)19/h6-11,17H,2H2,1,3-5H3/b13-6-,16-11-. The van der Waals surface area contributed by atoms with Gasteiger partial charge in [-0.3, -0.25) is 0 Å². The van der Waals surface area contributed by atoms with E-state index in [1.54, 1.807) is 12.1 Å². The van der Waals surface area contributed by atoms with Gasteiger partial charge < -0.3 is 4.90 Å². The second kappa shape index (κ2) is 7.04. The first-order valence-electron chi connectivity index (χ1n) is 6.48. The van der Waals surface area contributed by atoms with Crippen LogP contribution in [0, 0.1) is 0 Å². The molecule has 0 fully saturated rings. The minimum absolute atomic E-state index is 0.0379. The zero-order valence-electron chi connectivity index (χ0n) is 12.5. The quantitative estimate of drug-likeness (QED) is 0.643. The van der Waals surface area contributed by atoms with Crippen LogP contribution in [0.5, 0.6) is 0 Å². The number of hydrogen-bond acceptors (Lipinski definition) is 1. The average Bonchev–Trinajstić information content (AvgIpc) is 2.43. The van der Waals surface area contributed by atoms with Crippen LogP contribution in [0.2, 0.25) is 0 Å². The van der Waals surface area contributed by atoms with E-state index in [0.717, 1.165) is 22.4 Å². The zero-order chi connectivity index (χ0) is 15.3. The molecule has 0 aliphatic heterocycles. The van der Waals surface area contributed by atoms with Crippen LogP contribution < -0.4 is 4.90 Å². The second-order valence-corrected chi connectivity index (χ2v) is 4.80. The van der Waals surface area contributed by atoms with Crippen molar-refractivity contribution in [2.45, 2.75) is 27.2 Å². The number of alkyl halides is 2. The highest BCUT2D eigenvalue weighted by atomic mass is 19.3. The molecule has 1 aromatic carbocycles. The van der Waals surface area contributed by atoms with Gasteiger partial charge in [0.15, 0.2) is 0 Å². The predicted octanol–water partition coefficient (Wildman–Crippen LogP) is 5.49. The Kier molecular flexibility index (Phi) is 5.68. The van der Waals surface area contributed by atoms with E-state index in [1.807, 2.05) is 45.0 Å². The van der Waals surface area contributed by atoms with Crippen molar-refractivity contribution >= 4 is 5.69 Å². The lowest BCUT2D eigenvalue weighted by Gasteiger charge is -2.18. The molecule has 0 bridgehead atoms. The van der Waals surface area contributed by atoms with Gasteiger partial charge in [-0.25, -0.2) is 8.78 Å². The van der Waals surface area contributed by atoms with Crippen LogP contribution in [-0.4, -0.2) is 7.05 Å². The molecule has 108 valence electrons. The summed E-state index contributed by atoms with van der Waals surface area (Å²) in [7, 11) is 1.89. The summed E-state index contributed by atoms with van der Waals surface area (Å²) >= 11 is 0. The third-order valence-corrected chi connectivity index (χ3v) is 3.19. The molecule has 0 saturated carbocycles. The minimum atomic E-state index is -2.43. The van der Waals surface area contributed by atoms with Crippen molar-refractivity contribution in [1.82, 2.24) is 0 Å². The summed E-state index contributed by atoms with van der Waals surface area (Å²) in [6.07, 6.45) is 1.56. The fourth-order valence-corrected chi connectivity index (χ4v) is 1.83. The molecule has 0 aliphatic carbocycles. The monoisotopic (exact) mass is 277 g/mol. The van der Waals surface area contributed by atoms with E-state index in [0.29, 0.717) is 0 Å². The van der Waals surface area contributed by atoms with Crippen LogP contribution in [0.25, 0.3) is 0 Å². The molecular weight excluding hydrogens is 256 g/mol. The van der Waals surface area contributed by atoms with E-state index >= 15 is 0 Å². The van der Waals surface area contributed by atoms with Crippen molar-refractivity contribution in [2.24, 2.45) is 0 Å². The van der Waals surface area contributed by atoms with Crippen LogP contribution in [0.15, 0.2) is 59.8 Å². The van der Waals surface area contributed by atoms with Gasteiger partial charge in [0.25, 0.3) is 6.43 Å². The van der Waals surface area contributed by atoms with Crippen molar-refractivity contribution < 1.29 is 8.78 Å². The Morgan fingerprint density at radius 1 is 1.20 bits per heavy atom. The number of anilines is 1. The SMILES string of the molecule is C=C(C)C(=C/N(C)c1ccc(C(F)F)cc1)/C(C)=C\C. The average molecular weight is 277 g/mol. The van der Waals surface area contributed by atoms with Crippen molar-refractivity contribution in [2.75, 3.05) is 11.9 Å². The van der Waals surface area contributed by atoms with E-state index in [4.69, 9.17) is 0 Å². The van der Waals surface area contributed by atoms with Gasteiger partial charge in [-0.15, -0.1) is 0 Å². The molecule has 1 rings (SSSR count). The van der Waals surface area contributed by atoms with Gasteiger partial charge in [-0.1, -0.05) is 24.8 Å². The van der Waals surface area contributed by atoms with E-state index < -0.39 is 6.43 Å². The second-order valence-electron chi connectivity index (χ2n) is 4.80. The Balaban J connectivity index is 3.04. The Hall–Kier alpha value is -1.90. The summed E-state index contributed by atoms with van der Waals surface area (Å²) in [6.45, 7) is 9.92. The molecule has 0 N–H and O–H groups in total. The Bertz CT molecular complexity index is 524. The largest absolute Gasteiger partial charge is 0.350 e. The molecule has 3 heteroatoms. The summed E-state index contributed by atoms with van der Waals surface area (Å²) in [5, 5.41) is 0. The lowest BCUT2D eigenvalue weighted by atomic mass is 10.0. The van der Waals surface area contributed by atoms with Gasteiger partial charge in [0, 0.05) is 24.5 Å². The third-order valence-electron chi connectivity index (χ3n) is 3.19. The summed E-state index contributed by atoms with van der Waals surface area (Å²) in [4.78, 5) is 1.91. The highest BCUT2D eigenvalue weighted by molar-refractivity contribution is 5.54. The Morgan fingerprint density at radius 3 is 2.15 bits per heavy atom. The first-order valence-corrected chi connectivity index (χ1v) is 6.48. The molecule has 0 saturated heterocycles. The normalized spacial score (nSPS) is 12.8. The number of nitrogens with zero attached hydrogens (tertiary/aromatic N) is 1. The summed E-state index contributed by atoms with van der Waals surface area (Å²) in [5.41, 5.74) is 4.05. The van der Waals surface area contributed by atoms with Crippen molar-refractivity contribution in [3.8, 4) is 0 Å². The van der Waals surface area contributed by atoms with Crippen LogP contribution in [0.1, 0.15) is 32.8 Å². The lowest BCUT2D eigenvalue weighted by Crippen LogP contribution is -2.10. The third kappa shape index (κ3) is 4.05. The number of benzene rings is 1. The smallest absolute Gasteiger partial charge is 0.263 e. The molecule has 0 spiro atoms. The van der Waals surface area contributed by atoms with Crippen LogP contribution in [-0.2, 0) is 0 Å². The fraction of sp³-hybridized carbons (Fsp3) is 0.294. The van der Waals surface area contributed by atoms with Gasteiger partial charge in [-0.05, 0) is 49.6 Å². The predicted molar refractivity (Wildman–Crippen MR) is 82.1 cm³/mol. The highest BCUT2D eigenvalue weighted by Crippen LogP contribution is 2.24. The number of hydrogen-bond donors (Lipinski definition) is 0. The molecule has 0 heterocycles. The van der Waals surface area contributed by atoms with Gasteiger partial charge in [0.05, 0.1) is 0 Å². The molecule has 0 aliphatic rings. The maximum absolute atomic E-state index is 12.5. The summed E-state index contributed by atoms with van der Waals surface area (Å²) < 4.78 is 25.0. The molecule has 1 nitrogen and oxygen atoms in total. The molecule has 0 radical (unpaired) electrons. The van der Waals surface area contributed by atoms with Crippen molar-refractivity contribution in [3.05, 3.63) is 65.4 Å². The van der Waals surface area contributed by atoms with E-state index in [-0.39, 0.29) is 5.56 Å². The van der Waals surface area contributed by atoms with E-state index in [1.165, 1.54) is 12.1 Å². The molecule has 0 aromatic heterocycles. The first kappa shape index (κ1) is 16.2. The van der Waals surface area contributed by atoms with Gasteiger partial charge in [0.1, 0.15) is 0 Å². The maximum Gasteiger partial charge on any atom is 0.263 e. The van der Waals surface area contributed by atoms with Crippen LogP contribution in [0.3, 0.4) is 0 Å². The zero-order valence-corrected chi connectivity index (χ0v) is 12.5. The molecule has 0 unspecified atom stereocenters. The van der Waals surface area contributed by atoms with Gasteiger partial charge in [0.2, 0.25) is 0 Å². The maximum atomic E-state index is 12.5. The van der Waals surface area contributed by atoms with Crippen molar-refractivity contribution in [1.29, 1.82) is 0 Å². The summed E-state index contributed by atoms with van der Waals surface area (Å²) in [5.74, 6) is 0. The Labute approximate surface area is 119 Å². The van der Waals surface area contributed by atoms with Crippen molar-refractivity contribution in [3.63, 3.8) is 0 Å². The Morgan fingerprint density at radius 2 is 1.75 bits per heavy atom. The number of halogens is 2. The molecule has 0 atom stereocenters. The number of rotatable bonds is 5. The van der Waals surface area contributed by atoms with E-state index in [9.17, 15) is 8.78 Å². The number of allylic oxidation sites excluding steroid dienone is 4. The molecular formula is C17H21F2N. The van der Waals surface area contributed by atoms with Gasteiger partial charge in [-0.2, -0.15) is 0 Å².